The molecule has 0 aromatic heterocycles. The van der Waals surface area contributed by atoms with Crippen molar-refractivity contribution >= 4 is 41.2 Å². The van der Waals surface area contributed by atoms with Crippen molar-refractivity contribution < 1.29 is 9.59 Å². The Labute approximate surface area is 162 Å². The zero-order valence-electron chi connectivity index (χ0n) is 14.4. The van der Waals surface area contributed by atoms with Crippen LogP contribution in [0.25, 0.3) is 0 Å². The average molecular weight is 392 g/mol. The number of benzene rings is 2. The second-order valence-electron chi connectivity index (χ2n) is 5.96. The fourth-order valence-electron chi connectivity index (χ4n) is 2.20. The van der Waals surface area contributed by atoms with Gasteiger partial charge in [0.1, 0.15) is 6.04 Å². The zero-order chi connectivity index (χ0) is 19.1. The number of hydrazone groups is 1. The van der Waals surface area contributed by atoms with Gasteiger partial charge in [0.15, 0.2) is 0 Å². The van der Waals surface area contributed by atoms with Gasteiger partial charge in [0.25, 0.3) is 11.8 Å². The molecule has 2 amide bonds. The van der Waals surface area contributed by atoms with Crippen molar-refractivity contribution in [1.29, 1.82) is 0 Å². The number of nitrogens with one attached hydrogen (secondary N) is 2. The SMILES string of the molecule is CC(C)C(NC(=O)c1cccc(Cl)c1)C(=O)N/N=C/c1ccccc1Cl. The van der Waals surface area contributed by atoms with Gasteiger partial charge in [-0.2, -0.15) is 5.10 Å². The Morgan fingerprint density at radius 1 is 1.08 bits per heavy atom. The summed E-state index contributed by atoms with van der Waals surface area (Å²) < 4.78 is 0. The molecule has 0 saturated heterocycles. The molecule has 0 spiro atoms. The molecule has 136 valence electrons. The Hall–Kier alpha value is -2.37. The monoisotopic (exact) mass is 391 g/mol. The molecule has 2 rings (SSSR count). The van der Waals surface area contributed by atoms with E-state index in [0.29, 0.717) is 21.2 Å². The lowest BCUT2D eigenvalue weighted by molar-refractivity contribution is -0.123. The standard InChI is InChI=1S/C19H19Cl2N3O2/c1-12(2)17(23-18(25)13-7-5-8-15(20)10-13)19(26)24-22-11-14-6-3-4-9-16(14)21/h3-12,17H,1-2H3,(H,23,25)(H,24,26)/b22-11+. The van der Waals surface area contributed by atoms with E-state index in [2.05, 4.69) is 15.8 Å². The van der Waals surface area contributed by atoms with Gasteiger partial charge in [0, 0.05) is 21.2 Å². The van der Waals surface area contributed by atoms with E-state index < -0.39 is 11.9 Å². The van der Waals surface area contributed by atoms with Crippen molar-refractivity contribution in [2.75, 3.05) is 0 Å². The molecular formula is C19H19Cl2N3O2. The summed E-state index contributed by atoms with van der Waals surface area (Å²) in [5, 5.41) is 7.61. The maximum absolute atomic E-state index is 12.4. The summed E-state index contributed by atoms with van der Waals surface area (Å²) >= 11 is 11.9. The van der Waals surface area contributed by atoms with E-state index >= 15 is 0 Å². The van der Waals surface area contributed by atoms with Crippen LogP contribution in [0.2, 0.25) is 10.0 Å². The van der Waals surface area contributed by atoms with Crippen LogP contribution in [0, 0.1) is 5.92 Å². The predicted octanol–water partition coefficient (Wildman–Crippen LogP) is 3.90. The van der Waals surface area contributed by atoms with Crippen LogP contribution in [0.1, 0.15) is 29.8 Å². The highest BCUT2D eigenvalue weighted by Gasteiger charge is 2.24. The molecule has 2 aromatic rings. The Bertz CT molecular complexity index is 822. The molecule has 5 nitrogen and oxygen atoms in total. The van der Waals surface area contributed by atoms with Gasteiger partial charge < -0.3 is 5.32 Å². The molecule has 1 unspecified atom stereocenters. The fourth-order valence-corrected chi connectivity index (χ4v) is 2.58. The predicted molar refractivity (Wildman–Crippen MR) is 105 cm³/mol. The molecule has 2 aromatic carbocycles. The maximum Gasteiger partial charge on any atom is 0.262 e. The van der Waals surface area contributed by atoms with Gasteiger partial charge in [-0.15, -0.1) is 0 Å². The first kappa shape index (κ1) is 19.9. The van der Waals surface area contributed by atoms with Crippen LogP contribution in [0.5, 0.6) is 0 Å². The zero-order valence-corrected chi connectivity index (χ0v) is 15.9. The molecule has 0 aliphatic heterocycles. The van der Waals surface area contributed by atoms with E-state index in [-0.39, 0.29) is 11.8 Å². The third-order valence-corrected chi connectivity index (χ3v) is 4.19. The van der Waals surface area contributed by atoms with Crippen LogP contribution >= 0.6 is 23.2 Å². The fraction of sp³-hybridized carbons (Fsp3) is 0.211. The highest BCUT2D eigenvalue weighted by molar-refractivity contribution is 6.33. The number of carbonyl (C=O) groups is 2. The van der Waals surface area contributed by atoms with E-state index in [1.807, 2.05) is 19.9 Å². The molecular weight excluding hydrogens is 373 g/mol. The topological polar surface area (TPSA) is 70.6 Å². The molecule has 0 saturated carbocycles. The summed E-state index contributed by atoms with van der Waals surface area (Å²) in [5.41, 5.74) is 3.50. The summed E-state index contributed by atoms with van der Waals surface area (Å²) in [5.74, 6) is -0.927. The minimum atomic E-state index is -0.745. The van der Waals surface area contributed by atoms with Gasteiger partial charge in [-0.1, -0.05) is 61.3 Å². The van der Waals surface area contributed by atoms with Crippen LogP contribution in [0.3, 0.4) is 0 Å². The maximum atomic E-state index is 12.4. The minimum Gasteiger partial charge on any atom is -0.340 e. The minimum absolute atomic E-state index is 0.131. The van der Waals surface area contributed by atoms with E-state index in [1.165, 1.54) is 6.21 Å². The van der Waals surface area contributed by atoms with Gasteiger partial charge in [-0.05, 0) is 30.2 Å². The first-order valence-corrected chi connectivity index (χ1v) is 8.78. The lowest BCUT2D eigenvalue weighted by atomic mass is 10.0. The third-order valence-electron chi connectivity index (χ3n) is 3.61. The summed E-state index contributed by atoms with van der Waals surface area (Å²) in [6, 6.07) is 12.9. The summed E-state index contributed by atoms with van der Waals surface area (Å²) in [6.45, 7) is 3.67. The number of amides is 2. The molecule has 0 fully saturated rings. The number of rotatable bonds is 6. The van der Waals surface area contributed by atoms with E-state index in [1.54, 1.807) is 42.5 Å². The van der Waals surface area contributed by atoms with Crippen molar-refractivity contribution in [1.82, 2.24) is 10.7 Å². The van der Waals surface area contributed by atoms with Crippen LogP contribution in [0.4, 0.5) is 0 Å². The second-order valence-corrected chi connectivity index (χ2v) is 6.80. The number of hydrogen-bond acceptors (Lipinski definition) is 3. The van der Waals surface area contributed by atoms with Crippen molar-refractivity contribution in [2.24, 2.45) is 11.0 Å². The van der Waals surface area contributed by atoms with Gasteiger partial charge in [-0.25, -0.2) is 5.43 Å². The normalized spacial score (nSPS) is 12.2. The Kier molecular flexibility index (Phi) is 7.18. The number of halogens is 2. The highest BCUT2D eigenvalue weighted by atomic mass is 35.5. The summed E-state index contributed by atoms with van der Waals surface area (Å²) in [7, 11) is 0. The van der Waals surface area contributed by atoms with Crippen LogP contribution < -0.4 is 10.7 Å². The van der Waals surface area contributed by atoms with Crippen molar-refractivity contribution in [3.63, 3.8) is 0 Å². The van der Waals surface area contributed by atoms with Gasteiger partial charge in [0.2, 0.25) is 0 Å². The van der Waals surface area contributed by atoms with Gasteiger partial charge in [-0.3, -0.25) is 9.59 Å². The number of nitrogens with zero attached hydrogens (tertiary/aromatic N) is 1. The lowest BCUT2D eigenvalue weighted by Gasteiger charge is -2.20. The molecule has 0 heterocycles. The quantitative estimate of drug-likeness (QED) is 0.578. The first-order chi connectivity index (χ1) is 12.4. The second kappa shape index (κ2) is 9.36. The molecule has 1 atom stereocenters. The van der Waals surface area contributed by atoms with Crippen LogP contribution in [-0.2, 0) is 4.79 Å². The van der Waals surface area contributed by atoms with Crippen LogP contribution in [0.15, 0.2) is 53.6 Å². The van der Waals surface area contributed by atoms with Crippen molar-refractivity contribution in [2.45, 2.75) is 19.9 Å². The molecule has 0 radical (unpaired) electrons. The molecule has 7 heteroatoms. The molecule has 0 aliphatic rings. The van der Waals surface area contributed by atoms with E-state index in [4.69, 9.17) is 23.2 Å². The van der Waals surface area contributed by atoms with E-state index in [0.717, 1.165) is 0 Å². The lowest BCUT2D eigenvalue weighted by Crippen LogP contribution is -2.48. The van der Waals surface area contributed by atoms with Gasteiger partial charge in [0.05, 0.1) is 6.21 Å². The Morgan fingerprint density at radius 2 is 1.81 bits per heavy atom. The van der Waals surface area contributed by atoms with Crippen LogP contribution in [-0.4, -0.2) is 24.1 Å². The average Bonchev–Trinajstić information content (AvgIpc) is 2.60. The van der Waals surface area contributed by atoms with E-state index in [9.17, 15) is 9.59 Å². The molecule has 26 heavy (non-hydrogen) atoms. The number of carbonyl (C=O) groups excluding carboxylic acids is 2. The number of hydrogen-bond donors (Lipinski definition) is 2. The molecule has 0 aliphatic carbocycles. The highest BCUT2D eigenvalue weighted by Crippen LogP contribution is 2.13. The smallest absolute Gasteiger partial charge is 0.262 e. The van der Waals surface area contributed by atoms with Gasteiger partial charge >= 0.3 is 0 Å². The van der Waals surface area contributed by atoms with Crippen molar-refractivity contribution in [3.8, 4) is 0 Å². The largest absolute Gasteiger partial charge is 0.340 e. The third kappa shape index (κ3) is 5.58. The first-order valence-electron chi connectivity index (χ1n) is 8.02. The van der Waals surface area contributed by atoms with Crippen molar-refractivity contribution in [3.05, 3.63) is 69.7 Å². The molecule has 2 N–H and O–H groups in total. The molecule has 0 bridgehead atoms. The summed E-state index contributed by atoms with van der Waals surface area (Å²) in [4.78, 5) is 24.7. The Morgan fingerprint density at radius 3 is 2.46 bits per heavy atom. The summed E-state index contributed by atoms with van der Waals surface area (Å²) in [6.07, 6.45) is 1.45. The Balaban J connectivity index is 2.03.